The summed E-state index contributed by atoms with van der Waals surface area (Å²) >= 11 is 1.19. The fourth-order valence-electron chi connectivity index (χ4n) is 2.90. The number of thiophene rings is 1. The molecule has 0 radical (unpaired) electrons. The summed E-state index contributed by atoms with van der Waals surface area (Å²) in [6.45, 7) is 8.25. The molecular formula is C20H26N2O4S2. The summed E-state index contributed by atoms with van der Waals surface area (Å²) in [6, 6.07) is 10.9. The van der Waals surface area contributed by atoms with Crippen molar-refractivity contribution in [2.24, 2.45) is 0 Å². The minimum absolute atomic E-state index is 0.0361. The topological polar surface area (TPSA) is 75.7 Å². The second-order valence-electron chi connectivity index (χ2n) is 7.75. The van der Waals surface area contributed by atoms with Gasteiger partial charge in [-0.25, -0.2) is 8.42 Å². The molecule has 0 atom stereocenters. The van der Waals surface area contributed by atoms with Crippen LogP contribution in [0.3, 0.4) is 0 Å². The van der Waals surface area contributed by atoms with E-state index in [0.29, 0.717) is 42.6 Å². The zero-order chi connectivity index (χ0) is 20.4. The first kappa shape index (κ1) is 21.0. The summed E-state index contributed by atoms with van der Waals surface area (Å²) in [5.74, 6) is -0.175. The van der Waals surface area contributed by atoms with Crippen molar-refractivity contribution in [2.75, 3.05) is 26.3 Å². The maximum absolute atomic E-state index is 12.7. The Morgan fingerprint density at radius 2 is 1.75 bits per heavy atom. The molecule has 1 fully saturated rings. The summed E-state index contributed by atoms with van der Waals surface area (Å²) in [7, 11) is -3.49. The molecule has 2 aromatic rings. The van der Waals surface area contributed by atoms with Crippen LogP contribution in [0.1, 0.15) is 41.6 Å². The van der Waals surface area contributed by atoms with Crippen LogP contribution in [0.2, 0.25) is 0 Å². The smallest absolute Gasteiger partial charge is 0.252 e. The minimum Gasteiger partial charge on any atom is -0.379 e. The molecule has 1 aromatic heterocycles. The van der Waals surface area contributed by atoms with E-state index in [1.54, 1.807) is 12.1 Å². The van der Waals surface area contributed by atoms with E-state index in [9.17, 15) is 13.2 Å². The Bertz CT molecular complexity index is 922. The summed E-state index contributed by atoms with van der Waals surface area (Å²) in [6.07, 6.45) is 0. The van der Waals surface area contributed by atoms with Gasteiger partial charge in [-0.2, -0.15) is 4.31 Å². The van der Waals surface area contributed by atoms with Crippen molar-refractivity contribution in [1.82, 2.24) is 9.62 Å². The van der Waals surface area contributed by atoms with Gasteiger partial charge in [0.15, 0.2) is 0 Å². The van der Waals surface area contributed by atoms with E-state index in [1.807, 2.05) is 24.3 Å². The van der Waals surface area contributed by atoms with Crippen molar-refractivity contribution < 1.29 is 17.9 Å². The number of ether oxygens (including phenoxy) is 1. The molecule has 1 aliphatic heterocycles. The molecule has 8 heteroatoms. The van der Waals surface area contributed by atoms with E-state index >= 15 is 0 Å². The average molecular weight is 423 g/mol. The standard InChI is InChI=1S/C20H26N2O4S2/c1-20(2,3)16-6-4-15(5-7-16)19(23)21-14-17-8-9-18(27-17)28(24,25)22-10-12-26-13-11-22/h4-9H,10-14H2,1-3H3,(H,21,23). The molecule has 6 nitrogen and oxygen atoms in total. The average Bonchev–Trinajstić information content (AvgIpc) is 3.16. The second kappa shape index (κ2) is 8.32. The lowest BCUT2D eigenvalue weighted by atomic mass is 9.87. The first-order valence-electron chi connectivity index (χ1n) is 9.23. The van der Waals surface area contributed by atoms with Gasteiger partial charge in [0.1, 0.15) is 4.21 Å². The number of nitrogens with one attached hydrogen (secondary N) is 1. The van der Waals surface area contributed by atoms with Gasteiger partial charge >= 0.3 is 0 Å². The first-order valence-corrected chi connectivity index (χ1v) is 11.5. The van der Waals surface area contributed by atoms with E-state index in [2.05, 4.69) is 26.1 Å². The molecule has 1 aromatic carbocycles. The number of rotatable bonds is 5. The summed E-state index contributed by atoms with van der Waals surface area (Å²) in [5.41, 5.74) is 1.79. The number of carbonyl (C=O) groups is 1. The fraction of sp³-hybridized carbons (Fsp3) is 0.450. The van der Waals surface area contributed by atoms with Gasteiger partial charge in [0, 0.05) is 23.5 Å². The van der Waals surface area contributed by atoms with Crippen LogP contribution in [0, 0.1) is 0 Å². The molecule has 28 heavy (non-hydrogen) atoms. The van der Waals surface area contributed by atoms with Gasteiger partial charge in [-0.15, -0.1) is 11.3 Å². The largest absolute Gasteiger partial charge is 0.379 e. The highest BCUT2D eigenvalue weighted by molar-refractivity contribution is 7.91. The molecule has 0 unspecified atom stereocenters. The summed E-state index contributed by atoms with van der Waals surface area (Å²) < 4.78 is 32.3. The maximum atomic E-state index is 12.7. The van der Waals surface area contributed by atoms with Crippen molar-refractivity contribution in [1.29, 1.82) is 0 Å². The zero-order valence-corrected chi connectivity index (χ0v) is 18.0. The summed E-state index contributed by atoms with van der Waals surface area (Å²) in [5, 5.41) is 2.86. The van der Waals surface area contributed by atoms with E-state index in [4.69, 9.17) is 4.74 Å². The zero-order valence-electron chi connectivity index (χ0n) is 16.4. The number of amides is 1. The van der Waals surface area contributed by atoms with Crippen LogP contribution in [0.4, 0.5) is 0 Å². The number of sulfonamides is 1. The number of morpholine rings is 1. The van der Waals surface area contributed by atoms with Crippen molar-refractivity contribution in [3.63, 3.8) is 0 Å². The Balaban J connectivity index is 1.62. The SMILES string of the molecule is CC(C)(C)c1ccc(C(=O)NCc2ccc(S(=O)(=O)N3CCOCC3)s2)cc1. The van der Waals surface area contributed by atoms with Gasteiger partial charge in [-0.05, 0) is 35.2 Å². The van der Waals surface area contributed by atoms with Gasteiger partial charge in [-0.1, -0.05) is 32.9 Å². The van der Waals surface area contributed by atoms with Crippen LogP contribution in [-0.2, 0) is 26.7 Å². The molecule has 3 rings (SSSR count). The van der Waals surface area contributed by atoms with Crippen LogP contribution >= 0.6 is 11.3 Å². The lowest BCUT2D eigenvalue weighted by molar-refractivity contribution is 0.0731. The Hall–Kier alpha value is -1.74. The predicted octanol–water partition coefficient (Wildman–Crippen LogP) is 3.00. The summed E-state index contributed by atoms with van der Waals surface area (Å²) in [4.78, 5) is 13.2. The Kier molecular flexibility index (Phi) is 6.24. The van der Waals surface area contributed by atoms with Crippen molar-refractivity contribution in [3.8, 4) is 0 Å². The van der Waals surface area contributed by atoms with Crippen molar-refractivity contribution >= 4 is 27.3 Å². The monoisotopic (exact) mass is 422 g/mol. The molecule has 1 amide bonds. The first-order chi connectivity index (χ1) is 13.2. The van der Waals surface area contributed by atoms with Gasteiger partial charge < -0.3 is 10.1 Å². The molecule has 0 saturated carbocycles. The number of carbonyl (C=O) groups excluding carboxylic acids is 1. The van der Waals surface area contributed by atoms with E-state index < -0.39 is 10.0 Å². The molecule has 152 valence electrons. The molecule has 0 bridgehead atoms. The Labute approximate surface area is 170 Å². The fourth-order valence-corrected chi connectivity index (χ4v) is 5.75. The van der Waals surface area contributed by atoms with Gasteiger partial charge in [0.2, 0.25) is 0 Å². The van der Waals surface area contributed by atoms with E-state index in [-0.39, 0.29) is 11.3 Å². The number of nitrogens with zero attached hydrogens (tertiary/aromatic N) is 1. The molecule has 0 spiro atoms. The van der Waals surface area contributed by atoms with Crippen LogP contribution in [-0.4, -0.2) is 44.9 Å². The Morgan fingerprint density at radius 1 is 1.11 bits per heavy atom. The normalized spacial score (nSPS) is 16.1. The molecule has 1 saturated heterocycles. The van der Waals surface area contributed by atoms with Gasteiger partial charge in [0.25, 0.3) is 15.9 Å². The van der Waals surface area contributed by atoms with Crippen LogP contribution < -0.4 is 5.32 Å². The number of hydrogen-bond acceptors (Lipinski definition) is 5. The predicted molar refractivity (Wildman–Crippen MR) is 110 cm³/mol. The molecule has 1 N–H and O–H groups in total. The Morgan fingerprint density at radius 3 is 2.36 bits per heavy atom. The van der Waals surface area contributed by atoms with E-state index in [1.165, 1.54) is 21.2 Å². The van der Waals surface area contributed by atoms with Crippen molar-refractivity contribution in [3.05, 3.63) is 52.4 Å². The van der Waals surface area contributed by atoms with Crippen LogP contribution in [0.15, 0.2) is 40.6 Å². The maximum Gasteiger partial charge on any atom is 0.252 e. The quantitative estimate of drug-likeness (QED) is 0.804. The third kappa shape index (κ3) is 4.81. The molecule has 1 aliphatic rings. The third-order valence-electron chi connectivity index (χ3n) is 4.64. The number of hydrogen-bond donors (Lipinski definition) is 1. The van der Waals surface area contributed by atoms with E-state index in [0.717, 1.165) is 4.88 Å². The van der Waals surface area contributed by atoms with Gasteiger partial charge in [0.05, 0.1) is 19.8 Å². The number of benzene rings is 1. The highest BCUT2D eigenvalue weighted by atomic mass is 32.2. The lowest BCUT2D eigenvalue weighted by Gasteiger charge is -2.25. The van der Waals surface area contributed by atoms with Gasteiger partial charge in [-0.3, -0.25) is 4.79 Å². The minimum atomic E-state index is -3.49. The molecule has 0 aliphatic carbocycles. The highest BCUT2D eigenvalue weighted by Crippen LogP contribution is 2.26. The molecular weight excluding hydrogens is 396 g/mol. The van der Waals surface area contributed by atoms with Crippen LogP contribution in [0.25, 0.3) is 0 Å². The van der Waals surface area contributed by atoms with Crippen LogP contribution in [0.5, 0.6) is 0 Å². The lowest BCUT2D eigenvalue weighted by Crippen LogP contribution is -2.40. The highest BCUT2D eigenvalue weighted by Gasteiger charge is 2.27. The van der Waals surface area contributed by atoms with Crippen molar-refractivity contribution in [2.45, 2.75) is 36.9 Å². The second-order valence-corrected chi connectivity index (χ2v) is 11.1. The molecule has 2 heterocycles. The third-order valence-corrected chi connectivity index (χ3v) is 8.09.